The van der Waals surface area contributed by atoms with Crippen molar-refractivity contribution in [3.63, 3.8) is 0 Å². The fraction of sp³-hybridized carbons (Fsp3) is 0.227. The van der Waals surface area contributed by atoms with Gasteiger partial charge in [-0.1, -0.05) is 31.5 Å². The summed E-state index contributed by atoms with van der Waals surface area (Å²) in [4.78, 5) is 25.1. The highest BCUT2D eigenvalue weighted by atomic mass is 35.5. The molecule has 2 aromatic carbocycles. The highest BCUT2D eigenvalue weighted by Gasteiger charge is 2.21. The Kier molecular flexibility index (Phi) is 6.74. The van der Waals surface area contributed by atoms with Crippen molar-refractivity contribution < 1.29 is 14.3 Å². The number of hydrogen-bond donors (Lipinski definition) is 2. The summed E-state index contributed by atoms with van der Waals surface area (Å²) >= 11 is 6.09. The van der Waals surface area contributed by atoms with Gasteiger partial charge in [-0.25, -0.2) is 4.68 Å². The molecular weight excluding hydrogens is 404 g/mol. The zero-order chi connectivity index (χ0) is 21.7. The van der Waals surface area contributed by atoms with Crippen LogP contribution in [0.5, 0.6) is 5.75 Å². The molecule has 3 rings (SSSR count). The van der Waals surface area contributed by atoms with E-state index in [2.05, 4.69) is 16.0 Å². The molecule has 30 heavy (non-hydrogen) atoms. The van der Waals surface area contributed by atoms with Crippen LogP contribution in [0.15, 0.2) is 54.7 Å². The maximum absolute atomic E-state index is 12.7. The first-order valence-corrected chi connectivity index (χ1v) is 9.96. The number of nitrogens with one attached hydrogen (secondary N) is 2. The van der Waals surface area contributed by atoms with E-state index >= 15 is 0 Å². The Morgan fingerprint density at radius 2 is 1.80 bits per heavy atom. The third-order valence-electron chi connectivity index (χ3n) is 4.37. The molecule has 0 atom stereocenters. The van der Waals surface area contributed by atoms with Gasteiger partial charge < -0.3 is 4.74 Å². The summed E-state index contributed by atoms with van der Waals surface area (Å²) in [5.41, 5.74) is 7.13. The number of carbonyl (C=O) groups excluding carboxylic acids is 2. The number of rotatable bonds is 6. The molecule has 0 saturated heterocycles. The van der Waals surface area contributed by atoms with Gasteiger partial charge in [-0.15, -0.1) is 0 Å². The number of carbonyl (C=O) groups is 2. The van der Waals surface area contributed by atoms with Crippen LogP contribution in [0.1, 0.15) is 53.1 Å². The molecule has 0 aliphatic heterocycles. The minimum absolute atomic E-state index is 0.00837. The summed E-state index contributed by atoms with van der Waals surface area (Å²) < 4.78 is 7.04. The molecule has 0 bridgehead atoms. The molecule has 0 saturated carbocycles. The Hall–Kier alpha value is -3.32. The van der Waals surface area contributed by atoms with Gasteiger partial charge >= 0.3 is 0 Å². The second-order valence-electron chi connectivity index (χ2n) is 6.86. The SMILES string of the molecule is CCOc1ccc(C(=O)NNC(=O)c2cnn(-c3cccc(Cl)c3)c2C(C)C)cc1. The van der Waals surface area contributed by atoms with Gasteiger partial charge in [0.1, 0.15) is 5.75 Å². The summed E-state index contributed by atoms with van der Waals surface area (Å²) in [7, 11) is 0. The van der Waals surface area contributed by atoms with E-state index in [-0.39, 0.29) is 5.92 Å². The van der Waals surface area contributed by atoms with Crippen molar-refractivity contribution in [3.8, 4) is 11.4 Å². The fourth-order valence-corrected chi connectivity index (χ4v) is 3.21. The smallest absolute Gasteiger partial charge is 0.273 e. The van der Waals surface area contributed by atoms with Crippen LogP contribution in [-0.2, 0) is 0 Å². The number of nitrogens with zero attached hydrogens (tertiary/aromatic N) is 2. The Balaban J connectivity index is 1.74. The highest BCUT2D eigenvalue weighted by molar-refractivity contribution is 6.30. The van der Waals surface area contributed by atoms with Crippen molar-refractivity contribution in [3.05, 3.63) is 76.6 Å². The fourth-order valence-electron chi connectivity index (χ4n) is 3.02. The van der Waals surface area contributed by atoms with Crippen LogP contribution >= 0.6 is 11.6 Å². The third kappa shape index (κ3) is 4.80. The van der Waals surface area contributed by atoms with Gasteiger partial charge in [-0.3, -0.25) is 20.4 Å². The van der Waals surface area contributed by atoms with E-state index in [9.17, 15) is 9.59 Å². The first-order chi connectivity index (χ1) is 14.4. The lowest BCUT2D eigenvalue weighted by Crippen LogP contribution is -2.41. The molecule has 1 aromatic heterocycles. The van der Waals surface area contributed by atoms with Gasteiger partial charge in [-0.05, 0) is 55.3 Å². The van der Waals surface area contributed by atoms with Crippen LogP contribution < -0.4 is 15.6 Å². The Labute approximate surface area is 180 Å². The summed E-state index contributed by atoms with van der Waals surface area (Å²) in [5.74, 6) is -0.201. The molecule has 2 N–H and O–H groups in total. The van der Waals surface area contributed by atoms with E-state index < -0.39 is 11.8 Å². The minimum atomic E-state index is -0.453. The van der Waals surface area contributed by atoms with Crippen molar-refractivity contribution >= 4 is 23.4 Å². The molecule has 0 aliphatic rings. The second-order valence-corrected chi connectivity index (χ2v) is 7.29. The van der Waals surface area contributed by atoms with Gasteiger partial charge in [0.2, 0.25) is 0 Å². The summed E-state index contributed by atoms with van der Waals surface area (Å²) in [5, 5.41) is 4.93. The van der Waals surface area contributed by atoms with Crippen molar-refractivity contribution in [1.82, 2.24) is 20.6 Å². The molecular formula is C22H23ClN4O3. The maximum Gasteiger partial charge on any atom is 0.273 e. The lowest BCUT2D eigenvalue weighted by molar-refractivity contribution is 0.0846. The van der Waals surface area contributed by atoms with Crippen LogP contribution in [0.3, 0.4) is 0 Å². The molecule has 8 heteroatoms. The molecule has 0 spiro atoms. The molecule has 2 amide bonds. The van der Waals surface area contributed by atoms with Crippen molar-refractivity contribution in [2.75, 3.05) is 6.61 Å². The number of aromatic nitrogens is 2. The average Bonchev–Trinajstić information content (AvgIpc) is 3.18. The zero-order valence-corrected chi connectivity index (χ0v) is 17.7. The van der Waals surface area contributed by atoms with Crippen molar-refractivity contribution in [1.29, 1.82) is 0 Å². The Bertz CT molecular complexity index is 1040. The second kappa shape index (κ2) is 9.45. The normalized spacial score (nSPS) is 10.7. The largest absolute Gasteiger partial charge is 0.494 e. The van der Waals surface area contributed by atoms with E-state index in [1.165, 1.54) is 6.20 Å². The predicted octanol–water partition coefficient (Wildman–Crippen LogP) is 4.12. The number of amides is 2. The zero-order valence-electron chi connectivity index (χ0n) is 17.0. The highest BCUT2D eigenvalue weighted by Crippen LogP contribution is 2.24. The number of hydrazine groups is 1. The van der Waals surface area contributed by atoms with E-state index in [0.29, 0.717) is 34.2 Å². The number of benzene rings is 2. The van der Waals surface area contributed by atoms with E-state index in [0.717, 1.165) is 5.69 Å². The lowest BCUT2D eigenvalue weighted by Gasteiger charge is -2.13. The van der Waals surface area contributed by atoms with Gasteiger partial charge in [0, 0.05) is 10.6 Å². The minimum Gasteiger partial charge on any atom is -0.494 e. The van der Waals surface area contributed by atoms with Crippen LogP contribution in [0.2, 0.25) is 5.02 Å². The van der Waals surface area contributed by atoms with E-state index in [1.54, 1.807) is 41.1 Å². The predicted molar refractivity (Wildman–Crippen MR) is 115 cm³/mol. The summed E-state index contributed by atoms with van der Waals surface area (Å²) in [6.45, 7) is 6.36. The molecule has 0 unspecified atom stereocenters. The monoisotopic (exact) mass is 426 g/mol. The Morgan fingerprint density at radius 3 is 2.43 bits per heavy atom. The summed E-state index contributed by atoms with van der Waals surface area (Å²) in [6.07, 6.45) is 1.48. The molecule has 7 nitrogen and oxygen atoms in total. The third-order valence-corrected chi connectivity index (χ3v) is 4.60. The molecule has 0 radical (unpaired) electrons. The van der Waals surface area contributed by atoms with Crippen LogP contribution in [-0.4, -0.2) is 28.2 Å². The molecule has 0 fully saturated rings. The first kappa shape index (κ1) is 21.4. The lowest BCUT2D eigenvalue weighted by atomic mass is 10.1. The van der Waals surface area contributed by atoms with Gasteiger partial charge in [0.05, 0.1) is 29.7 Å². The standard InChI is InChI=1S/C22H23ClN4O3/c1-4-30-18-10-8-15(9-11-18)21(28)25-26-22(29)19-13-24-27(20(19)14(2)3)17-7-5-6-16(23)12-17/h5-14H,4H2,1-3H3,(H,25,28)(H,26,29). The summed E-state index contributed by atoms with van der Waals surface area (Å²) in [6, 6.07) is 13.9. The van der Waals surface area contributed by atoms with Crippen molar-refractivity contribution in [2.24, 2.45) is 0 Å². The topological polar surface area (TPSA) is 85.2 Å². The van der Waals surface area contributed by atoms with Crippen LogP contribution in [0.4, 0.5) is 0 Å². The van der Waals surface area contributed by atoms with Crippen LogP contribution in [0.25, 0.3) is 5.69 Å². The molecule has 0 aliphatic carbocycles. The van der Waals surface area contributed by atoms with Gasteiger partial charge in [0.15, 0.2) is 0 Å². The quantitative estimate of drug-likeness (QED) is 0.580. The number of ether oxygens (including phenoxy) is 1. The van der Waals surface area contributed by atoms with E-state index in [4.69, 9.17) is 16.3 Å². The van der Waals surface area contributed by atoms with Gasteiger partial charge in [0.25, 0.3) is 11.8 Å². The van der Waals surface area contributed by atoms with E-state index in [1.807, 2.05) is 32.9 Å². The number of hydrogen-bond acceptors (Lipinski definition) is 4. The number of halogens is 1. The molecule has 156 valence electrons. The first-order valence-electron chi connectivity index (χ1n) is 9.58. The Morgan fingerprint density at radius 1 is 1.10 bits per heavy atom. The average molecular weight is 427 g/mol. The van der Waals surface area contributed by atoms with Crippen molar-refractivity contribution in [2.45, 2.75) is 26.7 Å². The maximum atomic E-state index is 12.7. The van der Waals surface area contributed by atoms with Crippen LogP contribution in [0, 0.1) is 0 Å². The molecule has 3 aromatic rings. The van der Waals surface area contributed by atoms with Gasteiger partial charge in [-0.2, -0.15) is 5.10 Å². The molecule has 1 heterocycles.